The first-order valence-corrected chi connectivity index (χ1v) is 23.9. The number of carbonyl (C=O) groups excluding carboxylic acids is 1. The standard InChI is InChI=1S/C49H89NO8/c1-3-5-7-9-11-13-15-17-19-21-22-23-25-27-29-31-33-35-37-39-45(53)50-42(41-57-49-48(56)47(55)46(54)44(40-51)58-49)43(52)38-36-34-32-30-28-26-24-20-18-16-14-12-10-8-6-4-2/h11,13,17,19,22-23,36,38,42-44,46-49,51-52,54-56H,3-10,12,14-16,18,20-21,24-35,37,39-41H2,1-2H3,(H,50,53)/b13-11-,19-17-,23-22-,38-36+. The second-order valence-electron chi connectivity index (χ2n) is 16.5. The highest BCUT2D eigenvalue weighted by molar-refractivity contribution is 5.76. The van der Waals surface area contributed by atoms with E-state index in [2.05, 4.69) is 55.6 Å². The zero-order valence-corrected chi connectivity index (χ0v) is 37.0. The van der Waals surface area contributed by atoms with E-state index in [0.29, 0.717) is 6.42 Å². The molecule has 0 aromatic heterocycles. The molecule has 7 atom stereocenters. The molecule has 6 N–H and O–H groups in total. The Morgan fingerprint density at radius 2 is 1.02 bits per heavy atom. The van der Waals surface area contributed by atoms with E-state index in [1.54, 1.807) is 6.08 Å². The van der Waals surface area contributed by atoms with Gasteiger partial charge in [-0.05, 0) is 57.8 Å². The molecular weight excluding hydrogens is 731 g/mol. The zero-order valence-electron chi connectivity index (χ0n) is 37.0. The predicted molar refractivity (Wildman–Crippen MR) is 239 cm³/mol. The molecule has 0 aromatic rings. The van der Waals surface area contributed by atoms with E-state index in [0.717, 1.165) is 64.2 Å². The van der Waals surface area contributed by atoms with Gasteiger partial charge in [-0.25, -0.2) is 0 Å². The first-order valence-electron chi connectivity index (χ1n) is 23.9. The van der Waals surface area contributed by atoms with E-state index < -0.39 is 49.5 Å². The Bertz CT molecular complexity index is 1050. The van der Waals surface area contributed by atoms with Crippen molar-refractivity contribution in [3.63, 3.8) is 0 Å². The lowest BCUT2D eigenvalue weighted by Crippen LogP contribution is -2.60. The van der Waals surface area contributed by atoms with Crippen molar-refractivity contribution in [1.29, 1.82) is 0 Å². The van der Waals surface area contributed by atoms with Gasteiger partial charge in [-0.2, -0.15) is 0 Å². The quantitative estimate of drug-likeness (QED) is 0.0265. The fourth-order valence-corrected chi connectivity index (χ4v) is 7.28. The van der Waals surface area contributed by atoms with Crippen molar-refractivity contribution in [2.24, 2.45) is 0 Å². The lowest BCUT2D eigenvalue weighted by atomic mass is 9.99. The second-order valence-corrected chi connectivity index (χ2v) is 16.5. The second kappa shape index (κ2) is 39.3. The molecule has 1 rings (SSSR count). The molecule has 0 radical (unpaired) electrons. The van der Waals surface area contributed by atoms with E-state index >= 15 is 0 Å². The van der Waals surface area contributed by atoms with Crippen LogP contribution in [0.2, 0.25) is 0 Å². The number of unbranched alkanes of at least 4 members (excludes halogenated alkanes) is 23. The molecule has 7 unspecified atom stereocenters. The van der Waals surface area contributed by atoms with Crippen molar-refractivity contribution in [1.82, 2.24) is 5.32 Å². The van der Waals surface area contributed by atoms with Gasteiger partial charge in [0.15, 0.2) is 6.29 Å². The van der Waals surface area contributed by atoms with Crippen LogP contribution in [0.25, 0.3) is 0 Å². The maximum atomic E-state index is 13.0. The molecule has 1 aliphatic rings. The maximum Gasteiger partial charge on any atom is 0.220 e. The van der Waals surface area contributed by atoms with Crippen LogP contribution in [0, 0.1) is 0 Å². The van der Waals surface area contributed by atoms with Crippen LogP contribution < -0.4 is 5.32 Å². The van der Waals surface area contributed by atoms with Gasteiger partial charge in [0.25, 0.3) is 0 Å². The molecule has 0 aromatic carbocycles. The first kappa shape index (κ1) is 54.2. The van der Waals surface area contributed by atoms with Crippen molar-refractivity contribution in [3.8, 4) is 0 Å². The topological polar surface area (TPSA) is 149 Å². The summed E-state index contributed by atoms with van der Waals surface area (Å²) >= 11 is 0. The fraction of sp³-hybridized carbons (Fsp3) is 0.816. The Morgan fingerprint density at radius 1 is 0.586 bits per heavy atom. The zero-order chi connectivity index (χ0) is 42.3. The summed E-state index contributed by atoms with van der Waals surface area (Å²) in [6.45, 7) is 3.73. The van der Waals surface area contributed by atoms with Gasteiger partial charge in [-0.15, -0.1) is 0 Å². The average Bonchev–Trinajstić information content (AvgIpc) is 3.22. The minimum atomic E-state index is -1.57. The molecule has 1 saturated heterocycles. The van der Waals surface area contributed by atoms with Crippen LogP contribution in [0.5, 0.6) is 0 Å². The van der Waals surface area contributed by atoms with Crippen LogP contribution in [0.3, 0.4) is 0 Å². The molecule has 1 heterocycles. The van der Waals surface area contributed by atoms with Gasteiger partial charge in [-0.1, -0.05) is 184 Å². The van der Waals surface area contributed by atoms with Crippen molar-refractivity contribution in [2.45, 2.75) is 243 Å². The highest BCUT2D eigenvalue weighted by Gasteiger charge is 2.44. The van der Waals surface area contributed by atoms with Gasteiger partial charge >= 0.3 is 0 Å². The fourth-order valence-electron chi connectivity index (χ4n) is 7.28. The highest BCUT2D eigenvalue weighted by atomic mass is 16.7. The summed E-state index contributed by atoms with van der Waals surface area (Å²) in [6.07, 6.45) is 42.9. The van der Waals surface area contributed by atoms with Crippen LogP contribution in [0.1, 0.15) is 200 Å². The normalized spacial score (nSPS) is 21.3. The maximum absolute atomic E-state index is 13.0. The summed E-state index contributed by atoms with van der Waals surface area (Å²) in [4.78, 5) is 13.0. The number of hydrogen-bond donors (Lipinski definition) is 6. The average molecular weight is 820 g/mol. The van der Waals surface area contributed by atoms with Crippen LogP contribution in [-0.4, -0.2) is 87.5 Å². The Labute approximate surface area is 354 Å². The summed E-state index contributed by atoms with van der Waals surface area (Å²) < 4.78 is 11.2. The number of ether oxygens (including phenoxy) is 2. The Morgan fingerprint density at radius 3 is 1.53 bits per heavy atom. The van der Waals surface area contributed by atoms with Gasteiger partial charge in [0.2, 0.25) is 5.91 Å². The van der Waals surface area contributed by atoms with E-state index in [9.17, 15) is 30.3 Å². The SMILES string of the molecule is CCCCC/C=C\C/C=C\C/C=C\CCCCCCCCC(=O)NC(COC1OC(CO)C(O)C(O)C1O)C(O)/C=C/CCCCCCCCCCCCCCCC. The molecule has 9 heteroatoms. The molecule has 0 aliphatic carbocycles. The van der Waals surface area contributed by atoms with Crippen molar-refractivity contribution in [2.75, 3.05) is 13.2 Å². The van der Waals surface area contributed by atoms with E-state index in [-0.39, 0.29) is 12.5 Å². The molecule has 1 amide bonds. The molecule has 0 saturated carbocycles. The summed E-state index contributed by atoms with van der Waals surface area (Å²) in [5.41, 5.74) is 0. The Balaban J connectivity index is 2.36. The lowest BCUT2D eigenvalue weighted by molar-refractivity contribution is -0.302. The number of allylic oxidation sites excluding steroid dienone is 7. The largest absolute Gasteiger partial charge is 0.394 e. The number of carbonyl (C=O) groups is 1. The molecular formula is C49H89NO8. The van der Waals surface area contributed by atoms with Crippen molar-refractivity contribution >= 4 is 5.91 Å². The lowest BCUT2D eigenvalue weighted by Gasteiger charge is -2.40. The number of hydrogen-bond acceptors (Lipinski definition) is 8. The van der Waals surface area contributed by atoms with E-state index in [1.807, 2.05) is 6.08 Å². The van der Waals surface area contributed by atoms with Gasteiger partial charge in [0.05, 0.1) is 25.4 Å². The van der Waals surface area contributed by atoms with Crippen molar-refractivity contribution < 1.29 is 39.8 Å². The first-order chi connectivity index (χ1) is 28.3. The molecule has 9 nitrogen and oxygen atoms in total. The predicted octanol–water partition coefficient (Wildman–Crippen LogP) is 10.2. The third-order valence-corrected chi connectivity index (χ3v) is 11.1. The van der Waals surface area contributed by atoms with Crippen LogP contribution in [-0.2, 0) is 14.3 Å². The molecule has 338 valence electrons. The molecule has 0 spiro atoms. The third-order valence-electron chi connectivity index (χ3n) is 11.1. The highest BCUT2D eigenvalue weighted by Crippen LogP contribution is 2.22. The van der Waals surface area contributed by atoms with Crippen LogP contribution in [0.15, 0.2) is 48.6 Å². The van der Waals surface area contributed by atoms with Gasteiger partial charge in [0.1, 0.15) is 24.4 Å². The third kappa shape index (κ3) is 29.4. The van der Waals surface area contributed by atoms with Crippen molar-refractivity contribution in [3.05, 3.63) is 48.6 Å². The summed E-state index contributed by atoms with van der Waals surface area (Å²) in [5, 5.41) is 54.2. The Hall–Kier alpha value is -1.85. The van der Waals surface area contributed by atoms with E-state index in [1.165, 1.54) is 116 Å². The van der Waals surface area contributed by atoms with Crippen LogP contribution in [0.4, 0.5) is 0 Å². The monoisotopic (exact) mass is 820 g/mol. The minimum Gasteiger partial charge on any atom is -0.394 e. The summed E-state index contributed by atoms with van der Waals surface area (Å²) in [6, 6.07) is -0.812. The number of aliphatic hydroxyl groups excluding tert-OH is 5. The minimum absolute atomic E-state index is 0.191. The molecule has 58 heavy (non-hydrogen) atoms. The smallest absolute Gasteiger partial charge is 0.220 e. The number of aliphatic hydroxyl groups is 5. The number of nitrogens with one attached hydrogen (secondary N) is 1. The molecule has 0 bridgehead atoms. The Kier molecular flexibility index (Phi) is 36.7. The number of rotatable bonds is 39. The summed E-state index contributed by atoms with van der Waals surface area (Å²) in [5.74, 6) is -0.191. The summed E-state index contributed by atoms with van der Waals surface area (Å²) in [7, 11) is 0. The molecule has 1 fully saturated rings. The van der Waals surface area contributed by atoms with Gasteiger partial charge in [0, 0.05) is 6.42 Å². The van der Waals surface area contributed by atoms with Gasteiger partial charge in [-0.3, -0.25) is 4.79 Å². The van der Waals surface area contributed by atoms with E-state index in [4.69, 9.17) is 9.47 Å². The molecule has 1 aliphatic heterocycles. The van der Waals surface area contributed by atoms with Crippen LogP contribution >= 0.6 is 0 Å². The number of amides is 1. The van der Waals surface area contributed by atoms with Gasteiger partial charge < -0.3 is 40.3 Å².